The molecule has 0 aromatic carbocycles. The SMILES string of the molecule is CCC(C)C(NC(=O)CNC(=O)[C@H](CCC(=O)C(N)=O)NC(C)=O)C(=O)NCC(N)=O. The molecule has 0 fully saturated rings. The monoisotopic (exact) mass is 442 g/mol. The van der Waals surface area contributed by atoms with Crippen LogP contribution < -0.4 is 32.7 Å². The maximum absolute atomic E-state index is 12.3. The standard InChI is InChI=1S/C18H30N6O7/c1-4-9(2)15(18(31)21-7-13(19)27)24-14(28)8-22-17(30)11(23-10(3)25)5-6-12(26)16(20)29/h9,11,15H,4-8H2,1-3H3,(H2,19,27)(H2,20,29)(H,21,31)(H,22,30)(H,23,25)(H,24,28)/t9?,11-,15?/m0/s1. The summed E-state index contributed by atoms with van der Waals surface area (Å²) in [6.45, 7) is 3.77. The molecule has 2 unspecified atom stereocenters. The largest absolute Gasteiger partial charge is 0.368 e. The van der Waals surface area contributed by atoms with Crippen LogP contribution in [-0.4, -0.2) is 66.4 Å². The summed E-state index contributed by atoms with van der Waals surface area (Å²) in [5.41, 5.74) is 9.84. The first-order chi connectivity index (χ1) is 14.4. The van der Waals surface area contributed by atoms with Gasteiger partial charge < -0.3 is 32.7 Å². The third-order valence-corrected chi connectivity index (χ3v) is 4.30. The van der Waals surface area contributed by atoms with Crippen LogP contribution in [0, 0.1) is 5.92 Å². The van der Waals surface area contributed by atoms with Crippen molar-refractivity contribution in [3.05, 3.63) is 0 Å². The molecule has 6 amide bonds. The summed E-state index contributed by atoms with van der Waals surface area (Å²) < 4.78 is 0. The van der Waals surface area contributed by atoms with Crippen molar-refractivity contribution < 1.29 is 33.6 Å². The highest BCUT2D eigenvalue weighted by Gasteiger charge is 2.27. The maximum Gasteiger partial charge on any atom is 0.284 e. The Balaban J connectivity index is 4.93. The summed E-state index contributed by atoms with van der Waals surface area (Å²) >= 11 is 0. The third kappa shape index (κ3) is 11.3. The molecule has 0 saturated heterocycles. The van der Waals surface area contributed by atoms with E-state index in [4.69, 9.17) is 11.5 Å². The van der Waals surface area contributed by atoms with Gasteiger partial charge in [0.15, 0.2) is 0 Å². The second-order valence-corrected chi connectivity index (χ2v) is 6.91. The molecule has 0 aliphatic carbocycles. The molecule has 8 N–H and O–H groups in total. The van der Waals surface area contributed by atoms with Gasteiger partial charge in [-0.3, -0.25) is 33.6 Å². The first-order valence-corrected chi connectivity index (χ1v) is 9.61. The number of hydrogen-bond acceptors (Lipinski definition) is 7. The highest BCUT2D eigenvalue weighted by Crippen LogP contribution is 2.08. The Morgan fingerprint density at radius 2 is 1.45 bits per heavy atom. The van der Waals surface area contributed by atoms with Crippen LogP contribution in [0.4, 0.5) is 0 Å². The smallest absolute Gasteiger partial charge is 0.284 e. The van der Waals surface area contributed by atoms with Crippen molar-refractivity contribution >= 4 is 41.2 Å². The predicted octanol–water partition coefficient (Wildman–Crippen LogP) is -3.43. The van der Waals surface area contributed by atoms with E-state index < -0.39 is 59.9 Å². The second kappa shape index (κ2) is 13.7. The minimum Gasteiger partial charge on any atom is -0.368 e. The molecular weight excluding hydrogens is 412 g/mol. The van der Waals surface area contributed by atoms with E-state index >= 15 is 0 Å². The van der Waals surface area contributed by atoms with Gasteiger partial charge in [-0.1, -0.05) is 20.3 Å². The number of primary amides is 2. The van der Waals surface area contributed by atoms with E-state index in [2.05, 4.69) is 21.3 Å². The van der Waals surface area contributed by atoms with Crippen LogP contribution in [-0.2, 0) is 33.6 Å². The van der Waals surface area contributed by atoms with Gasteiger partial charge in [0, 0.05) is 13.3 Å². The van der Waals surface area contributed by atoms with Crippen LogP contribution in [0.15, 0.2) is 0 Å². The quantitative estimate of drug-likeness (QED) is 0.149. The van der Waals surface area contributed by atoms with Crippen LogP contribution in [0.2, 0.25) is 0 Å². The van der Waals surface area contributed by atoms with Crippen molar-refractivity contribution in [1.82, 2.24) is 21.3 Å². The molecule has 0 saturated carbocycles. The number of nitrogens with one attached hydrogen (secondary N) is 4. The fraction of sp³-hybridized carbons (Fsp3) is 0.611. The lowest BCUT2D eigenvalue weighted by molar-refractivity contribution is -0.136. The van der Waals surface area contributed by atoms with Gasteiger partial charge in [-0.15, -0.1) is 0 Å². The number of Topliss-reactive ketones (excluding diaryl/α,β-unsaturated/α-hetero) is 1. The molecule has 3 atom stereocenters. The molecule has 0 spiro atoms. The lowest BCUT2D eigenvalue weighted by Crippen LogP contribution is -2.54. The van der Waals surface area contributed by atoms with E-state index in [0.717, 1.165) is 6.92 Å². The minimum absolute atomic E-state index is 0.195. The van der Waals surface area contributed by atoms with E-state index in [1.807, 2.05) is 0 Å². The number of rotatable bonds is 14. The summed E-state index contributed by atoms with van der Waals surface area (Å²) in [6.07, 6.45) is -0.0182. The van der Waals surface area contributed by atoms with Gasteiger partial charge in [0.2, 0.25) is 35.3 Å². The summed E-state index contributed by atoms with van der Waals surface area (Å²) in [6, 6.07) is -2.13. The van der Waals surface area contributed by atoms with Crippen molar-refractivity contribution in [2.45, 2.75) is 52.1 Å². The van der Waals surface area contributed by atoms with Gasteiger partial charge in [-0.05, 0) is 12.3 Å². The molecule has 174 valence electrons. The molecule has 0 radical (unpaired) electrons. The molecular formula is C18H30N6O7. The molecule has 0 bridgehead atoms. The average Bonchev–Trinajstić information content (AvgIpc) is 2.69. The summed E-state index contributed by atoms with van der Waals surface area (Å²) in [7, 11) is 0. The Morgan fingerprint density at radius 3 is 1.94 bits per heavy atom. The lowest BCUT2D eigenvalue weighted by atomic mass is 9.98. The Hall–Kier alpha value is -3.51. The normalized spacial score (nSPS) is 13.1. The fourth-order valence-corrected chi connectivity index (χ4v) is 2.41. The summed E-state index contributed by atoms with van der Waals surface area (Å²) in [5, 5.41) is 9.39. The molecule has 0 aromatic heterocycles. The Kier molecular flexibility index (Phi) is 12.1. The number of carbonyl (C=O) groups excluding carboxylic acids is 7. The number of amides is 6. The van der Waals surface area contributed by atoms with Gasteiger partial charge in [0.1, 0.15) is 12.1 Å². The summed E-state index contributed by atoms with van der Waals surface area (Å²) in [5.74, 6) is -5.70. The average molecular weight is 442 g/mol. The molecule has 13 nitrogen and oxygen atoms in total. The van der Waals surface area contributed by atoms with Crippen LogP contribution in [0.25, 0.3) is 0 Å². The van der Waals surface area contributed by atoms with Crippen molar-refractivity contribution in [3.8, 4) is 0 Å². The molecule has 31 heavy (non-hydrogen) atoms. The number of carbonyl (C=O) groups is 7. The van der Waals surface area contributed by atoms with Gasteiger partial charge in [0.25, 0.3) is 5.91 Å². The molecule has 0 heterocycles. The fourth-order valence-electron chi connectivity index (χ4n) is 2.41. The predicted molar refractivity (Wildman–Crippen MR) is 108 cm³/mol. The Labute approximate surface area is 179 Å². The first-order valence-electron chi connectivity index (χ1n) is 9.61. The Morgan fingerprint density at radius 1 is 0.871 bits per heavy atom. The van der Waals surface area contributed by atoms with E-state index in [9.17, 15) is 33.6 Å². The van der Waals surface area contributed by atoms with Crippen LogP contribution in [0.5, 0.6) is 0 Å². The molecule has 13 heteroatoms. The minimum atomic E-state index is -1.17. The molecule has 0 aromatic rings. The zero-order valence-corrected chi connectivity index (χ0v) is 17.8. The molecule has 0 rings (SSSR count). The van der Waals surface area contributed by atoms with E-state index in [1.54, 1.807) is 13.8 Å². The van der Waals surface area contributed by atoms with Crippen LogP contribution in [0.3, 0.4) is 0 Å². The number of hydrogen-bond donors (Lipinski definition) is 6. The van der Waals surface area contributed by atoms with Crippen LogP contribution in [0.1, 0.15) is 40.0 Å². The van der Waals surface area contributed by atoms with E-state index in [-0.39, 0.29) is 25.3 Å². The topological polar surface area (TPSA) is 220 Å². The lowest BCUT2D eigenvalue weighted by Gasteiger charge is -2.23. The van der Waals surface area contributed by atoms with Crippen LogP contribution >= 0.6 is 0 Å². The van der Waals surface area contributed by atoms with Gasteiger partial charge in [-0.2, -0.15) is 0 Å². The van der Waals surface area contributed by atoms with Crippen molar-refractivity contribution in [2.24, 2.45) is 17.4 Å². The number of ketones is 1. The maximum atomic E-state index is 12.3. The van der Waals surface area contributed by atoms with Crippen molar-refractivity contribution in [2.75, 3.05) is 13.1 Å². The van der Waals surface area contributed by atoms with Crippen molar-refractivity contribution in [1.29, 1.82) is 0 Å². The van der Waals surface area contributed by atoms with E-state index in [0.29, 0.717) is 6.42 Å². The number of nitrogens with two attached hydrogens (primary N) is 2. The summed E-state index contributed by atoms with van der Waals surface area (Å²) in [4.78, 5) is 81.0. The van der Waals surface area contributed by atoms with Gasteiger partial charge in [0.05, 0.1) is 13.1 Å². The molecule has 0 aliphatic heterocycles. The van der Waals surface area contributed by atoms with Gasteiger partial charge in [-0.25, -0.2) is 0 Å². The third-order valence-electron chi connectivity index (χ3n) is 4.30. The first kappa shape index (κ1) is 27.5. The second-order valence-electron chi connectivity index (χ2n) is 6.91. The Bertz CT molecular complexity index is 724. The highest BCUT2D eigenvalue weighted by molar-refractivity contribution is 6.35. The van der Waals surface area contributed by atoms with Crippen molar-refractivity contribution in [3.63, 3.8) is 0 Å². The van der Waals surface area contributed by atoms with Gasteiger partial charge >= 0.3 is 0 Å². The zero-order valence-electron chi connectivity index (χ0n) is 17.8. The van der Waals surface area contributed by atoms with E-state index in [1.165, 1.54) is 0 Å². The zero-order chi connectivity index (χ0) is 24.1. The highest BCUT2D eigenvalue weighted by atomic mass is 16.2. The molecule has 0 aliphatic rings.